The molecule has 0 unspecified atom stereocenters. The number of benzene rings is 1. The summed E-state index contributed by atoms with van der Waals surface area (Å²) in [5, 5.41) is 0. The summed E-state index contributed by atoms with van der Waals surface area (Å²) in [7, 11) is -3.45. The standard InChI is InChI=1S/C23H31FN6O2S/c1-14-11-15-7-5-8-16(15)12-17(14)13-18-27-19-20(25)28-22(24)29-21(19)30(18)10-6-9-26-33(31,32)23(2,3)4/h11-12,26H,5-10,13H2,1-4H3,(H2,25,28,29). The number of fused-ring (bicyclic) bond motifs is 2. The zero-order chi connectivity index (χ0) is 24.0. The Labute approximate surface area is 193 Å². The second kappa shape index (κ2) is 8.64. The lowest BCUT2D eigenvalue weighted by molar-refractivity contribution is 0.533. The fourth-order valence-corrected chi connectivity index (χ4v) is 5.07. The molecule has 3 N–H and O–H groups in total. The molecule has 1 aliphatic carbocycles. The van der Waals surface area contributed by atoms with Crippen LogP contribution in [0.3, 0.4) is 0 Å². The number of nitrogens with one attached hydrogen (secondary N) is 1. The molecule has 33 heavy (non-hydrogen) atoms. The van der Waals surface area contributed by atoms with Crippen molar-refractivity contribution in [1.82, 2.24) is 24.2 Å². The Morgan fingerprint density at radius 2 is 1.85 bits per heavy atom. The van der Waals surface area contributed by atoms with Crippen LogP contribution >= 0.6 is 0 Å². The number of nitrogens with two attached hydrogens (primary N) is 1. The van der Waals surface area contributed by atoms with Gasteiger partial charge in [-0.15, -0.1) is 0 Å². The molecule has 3 aromatic rings. The van der Waals surface area contributed by atoms with Crippen LogP contribution in [-0.2, 0) is 35.8 Å². The minimum absolute atomic E-state index is 0.00314. The molecule has 2 aromatic heterocycles. The number of hydrogen-bond donors (Lipinski definition) is 2. The van der Waals surface area contributed by atoms with Gasteiger partial charge in [-0.2, -0.15) is 14.4 Å². The van der Waals surface area contributed by atoms with E-state index in [1.807, 2.05) is 4.57 Å². The van der Waals surface area contributed by atoms with Crippen LogP contribution in [0.1, 0.15) is 61.7 Å². The van der Waals surface area contributed by atoms with E-state index in [9.17, 15) is 12.8 Å². The zero-order valence-electron chi connectivity index (χ0n) is 19.6. The number of nitrogen functional groups attached to an aromatic ring is 1. The average Bonchev–Trinajstić information content (AvgIpc) is 3.29. The predicted octanol–water partition coefficient (Wildman–Crippen LogP) is 3.04. The minimum atomic E-state index is -3.45. The summed E-state index contributed by atoms with van der Waals surface area (Å²) in [5.41, 5.74) is 11.8. The van der Waals surface area contributed by atoms with Gasteiger partial charge in [-0.05, 0) is 75.6 Å². The van der Waals surface area contributed by atoms with Gasteiger partial charge in [0.1, 0.15) is 5.82 Å². The third-order valence-corrected chi connectivity index (χ3v) is 8.43. The molecular weight excluding hydrogens is 443 g/mol. The first kappa shape index (κ1) is 23.6. The Bertz CT molecular complexity index is 1310. The first-order chi connectivity index (χ1) is 15.5. The van der Waals surface area contributed by atoms with E-state index >= 15 is 0 Å². The molecule has 0 aliphatic heterocycles. The Morgan fingerprint density at radius 1 is 1.15 bits per heavy atom. The molecule has 0 bridgehead atoms. The maximum Gasteiger partial charge on any atom is 0.312 e. The lowest BCUT2D eigenvalue weighted by Gasteiger charge is -2.19. The van der Waals surface area contributed by atoms with Crippen LogP contribution in [0.2, 0.25) is 0 Å². The maximum atomic E-state index is 14.0. The van der Waals surface area contributed by atoms with Gasteiger partial charge >= 0.3 is 6.08 Å². The van der Waals surface area contributed by atoms with E-state index in [2.05, 4.69) is 38.7 Å². The number of halogens is 1. The SMILES string of the molecule is Cc1cc2c(cc1Cc1nc3c(N)nc(F)nc3n1CCCNS(=O)(=O)C(C)(C)C)CCC2. The number of aromatic nitrogens is 4. The van der Waals surface area contributed by atoms with Crippen molar-refractivity contribution in [2.75, 3.05) is 12.3 Å². The predicted molar refractivity (Wildman–Crippen MR) is 127 cm³/mol. The number of sulfonamides is 1. The van der Waals surface area contributed by atoms with Gasteiger partial charge in [0.25, 0.3) is 0 Å². The molecule has 1 aromatic carbocycles. The van der Waals surface area contributed by atoms with E-state index in [1.165, 1.54) is 23.1 Å². The number of imidazole rings is 1. The fourth-order valence-electron chi connectivity index (χ4n) is 4.23. The second-order valence-electron chi connectivity index (χ2n) is 9.67. The number of nitrogens with zero attached hydrogens (tertiary/aromatic N) is 4. The van der Waals surface area contributed by atoms with Gasteiger partial charge in [0.2, 0.25) is 10.0 Å². The summed E-state index contributed by atoms with van der Waals surface area (Å²) in [6.07, 6.45) is 3.50. The molecule has 1 aliphatic rings. The van der Waals surface area contributed by atoms with E-state index in [0.29, 0.717) is 36.4 Å². The molecular formula is C23H31FN6O2S. The minimum Gasteiger partial charge on any atom is -0.382 e. The van der Waals surface area contributed by atoms with Crippen LogP contribution in [0, 0.1) is 13.0 Å². The molecule has 10 heteroatoms. The summed E-state index contributed by atoms with van der Waals surface area (Å²) in [6.45, 7) is 7.71. The van der Waals surface area contributed by atoms with E-state index in [-0.39, 0.29) is 12.4 Å². The molecule has 0 fully saturated rings. The van der Waals surface area contributed by atoms with E-state index in [1.54, 1.807) is 20.8 Å². The van der Waals surface area contributed by atoms with E-state index in [4.69, 9.17) is 5.73 Å². The average molecular weight is 475 g/mol. The topological polar surface area (TPSA) is 116 Å². The molecule has 0 atom stereocenters. The van der Waals surface area contributed by atoms with Gasteiger partial charge in [-0.25, -0.2) is 18.1 Å². The highest BCUT2D eigenvalue weighted by Gasteiger charge is 2.28. The highest BCUT2D eigenvalue weighted by atomic mass is 32.2. The van der Waals surface area contributed by atoms with Crippen molar-refractivity contribution in [2.45, 2.75) is 71.1 Å². The van der Waals surface area contributed by atoms with Gasteiger partial charge in [-0.3, -0.25) is 0 Å². The van der Waals surface area contributed by atoms with Crippen LogP contribution in [0.5, 0.6) is 0 Å². The number of aryl methyl sites for hydroxylation is 4. The van der Waals surface area contributed by atoms with Crippen LogP contribution in [-0.4, -0.2) is 39.2 Å². The second-order valence-corrected chi connectivity index (χ2v) is 12.2. The van der Waals surface area contributed by atoms with Crippen molar-refractivity contribution >= 4 is 27.0 Å². The van der Waals surface area contributed by atoms with Crippen molar-refractivity contribution in [2.24, 2.45) is 0 Å². The summed E-state index contributed by atoms with van der Waals surface area (Å²) in [6, 6.07) is 4.49. The van der Waals surface area contributed by atoms with Crippen molar-refractivity contribution in [1.29, 1.82) is 0 Å². The Hall–Kier alpha value is -2.59. The highest BCUT2D eigenvalue weighted by molar-refractivity contribution is 7.90. The Kier molecular flexibility index (Phi) is 6.17. The summed E-state index contributed by atoms with van der Waals surface area (Å²) in [5.74, 6) is 0.702. The first-order valence-corrected chi connectivity index (χ1v) is 12.7. The van der Waals surface area contributed by atoms with Gasteiger partial charge in [0.15, 0.2) is 17.0 Å². The van der Waals surface area contributed by atoms with Crippen LogP contribution in [0.4, 0.5) is 10.2 Å². The quantitative estimate of drug-likeness (QED) is 0.402. The van der Waals surface area contributed by atoms with Crippen molar-refractivity contribution < 1.29 is 12.8 Å². The third kappa shape index (κ3) is 4.72. The van der Waals surface area contributed by atoms with Gasteiger partial charge < -0.3 is 10.3 Å². The lowest BCUT2D eigenvalue weighted by Crippen LogP contribution is -2.39. The fraction of sp³-hybridized carbons (Fsp3) is 0.522. The number of rotatable bonds is 7. The third-order valence-electron chi connectivity index (χ3n) is 6.23. The molecule has 0 saturated carbocycles. The van der Waals surface area contributed by atoms with Crippen molar-refractivity contribution in [3.63, 3.8) is 0 Å². The summed E-state index contributed by atoms with van der Waals surface area (Å²) >= 11 is 0. The van der Waals surface area contributed by atoms with E-state index in [0.717, 1.165) is 18.4 Å². The summed E-state index contributed by atoms with van der Waals surface area (Å²) in [4.78, 5) is 12.2. The molecule has 4 rings (SSSR count). The molecule has 8 nitrogen and oxygen atoms in total. The maximum absolute atomic E-state index is 14.0. The molecule has 0 spiro atoms. The Balaban J connectivity index is 1.63. The van der Waals surface area contributed by atoms with Crippen molar-refractivity contribution in [3.8, 4) is 0 Å². The molecule has 2 heterocycles. The highest BCUT2D eigenvalue weighted by Crippen LogP contribution is 2.28. The van der Waals surface area contributed by atoms with Crippen LogP contribution in [0.15, 0.2) is 12.1 Å². The van der Waals surface area contributed by atoms with Crippen molar-refractivity contribution in [3.05, 3.63) is 46.3 Å². The molecule has 0 amide bonds. The van der Waals surface area contributed by atoms with Gasteiger partial charge in [-0.1, -0.05) is 12.1 Å². The first-order valence-electron chi connectivity index (χ1n) is 11.2. The Morgan fingerprint density at radius 3 is 2.55 bits per heavy atom. The van der Waals surface area contributed by atoms with E-state index < -0.39 is 20.8 Å². The smallest absolute Gasteiger partial charge is 0.312 e. The summed E-state index contributed by atoms with van der Waals surface area (Å²) < 4.78 is 42.2. The molecule has 0 saturated heterocycles. The lowest BCUT2D eigenvalue weighted by atomic mass is 9.98. The normalized spacial score (nSPS) is 14.2. The monoisotopic (exact) mass is 474 g/mol. The largest absolute Gasteiger partial charge is 0.382 e. The number of hydrogen-bond acceptors (Lipinski definition) is 6. The van der Waals surface area contributed by atoms with Crippen LogP contribution < -0.4 is 10.5 Å². The van der Waals surface area contributed by atoms with Gasteiger partial charge in [0, 0.05) is 19.5 Å². The molecule has 178 valence electrons. The number of anilines is 1. The van der Waals surface area contributed by atoms with Gasteiger partial charge in [0.05, 0.1) is 4.75 Å². The molecule has 0 radical (unpaired) electrons. The zero-order valence-corrected chi connectivity index (χ0v) is 20.4. The van der Waals surface area contributed by atoms with Crippen LogP contribution in [0.25, 0.3) is 11.2 Å².